The van der Waals surface area contributed by atoms with Crippen molar-refractivity contribution in [3.8, 4) is 5.75 Å². The monoisotopic (exact) mass is 512 g/mol. The molecule has 0 radical (unpaired) electrons. The first-order chi connectivity index (χ1) is 17.5. The summed E-state index contributed by atoms with van der Waals surface area (Å²) >= 11 is 0. The number of benzene rings is 1. The van der Waals surface area contributed by atoms with Crippen LogP contribution in [0.25, 0.3) is 10.9 Å². The molecule has 5 rings (SSSR count). The van der Waals surface area contributed by atoms with Crippen LogP contribution in [0.3, 0.4) is 0 Å². The van der Waals surface area contributed by atoms with Crippen molar-refractivity contribution < 1.29 is 23.4 Å². The van der Waals surface area contributed by atoms with E-state index in [1.165, 1.54) is 6.07 Å². The lowest BCUT2D eigenvalue weighted by atomic mass is 9.59. The highest BCUT2D eigenvalue weighted by molar-refractivity contribution is 5.88. The van der Waals surface area contributed by atoms with Gasteiger partial charge in [0, 0.05) is 59.7 Å². The van der Waals surface area contributed by atoms with E-state index in [2.05, 4.69) is 20.2 Å². The predicted molar refractivity (Wildman–Crippen MR) is 139 cm³/mol. The van der Waals surface area contributed by atoms with Gasteiger partial charge in [0.15, 0.2) is 5.69 Å². The van der Waals surface area contributed by atoms with Crippen molar-refractivity contribution in [2.75, 3.05) is 19.0 Å². The Kier molecular flexibility index (Phi) is 6.38. The Bertz CT molecular complexity index is 1330. The summed E-state index contributed by atoms with van der Waals surface area (Å²) in [5, 5.41) is 13.9. The Balaban J connectivity index is 1.57. The first-order valence-corrected chi connectivity index (χ1v) is 12.8. The summed E-state index contributed by atoms with van der Waals surface area (Å²) in [4.78, 5) is 21.7. The maximum Gasteiger partial charge on any atom is 0.354 e. The molecule has 198 valence electrons. The molecular formula is C28H34F2N4O3. The maximum atomic E-state index is 14.1. The molecule has 0 bridgehead atoms. The normalized spacial score (nSPS) is 20.8. The van der Waals surface area contributed by atoms with E-state index in [-0.39, 0.29) is 30.6 Å². The van der Waals surface area contributed by atoms with Gasteiger partial charge in [-0.05, 0) is 69.3 Å². The minimum Gasteiger partial charge on any atom is -0.496 e. The second-order valence-electron chi connectivity index (χ2n) is 11.0. The molecule has 3 N–H and O–H groups in total. The number of rotatable bonds is 7. The van der Waals surface area contributed by atoms with Crippen LogP contribution in [0.2, 0.25) is 0 Å². The van der Waals surface area contributed by atoms with E-state index in [1.54, 1.807) is 13.2 Å². The van der Waals surface area contributed by atoms with Crippen LogP contribution in [-0.4, -0.2) is 51.6 Å². The summed E-state index contributed by atoms with van der Waals surface area (Å²) in [7, 11) is 1.66. The zero-order valence-corrected chi connectivity index (χ0v) is 21.7. The number of likely N-dealkylation sites (tertiary alicyclic amines) is 1. The van der Waals surface area contributed by atoms with E-state index >= 15 is 0 Å². The molecule has 1 aromatic carbocycles. The van der Waals surface area contributed by atoms with Gasteiger partial charge in [0.05, 0.1) is 7.11 Å². The van der Waals surface area contributed by atoms with E-state index in [1.807, 2.05) is 39.1 Å². The van der Waals surface area contributed by atoms with Crippen LogP contribution in [-0.2, 0) is 6.54 Å². The number of pyridine rings is 1. The number of H-pyrrole nitrogens is 1. The number of carboxylic acids is 1. The van der Waals surface area contributed by atoms with Crippen LogP contribution < -0.4 is 10.1 Å². The summed E-state index contributed by atoms with van der Waals surface area (Å²) < 4.78 is 33.9. The Hall–Kier alpha value is -3.20. The number of aryl methyl sites for hydroxylation is 1. The lowest BCUT2D eigenvalue weighted by Crippen LogP contribution is -2.53. The number of nitrogens with zero attached hydrogens (tertiary/aromatic N) is 2. The number of anilines is 1. The molecule has 1 spiro atoms. The SMILES string of the molecule is COc1cc(C)c2[nH]ccc2c1CN1CCC2(C[C@@H]1c1ccc(C(=O)O)nc1NC(C)C)CC(F)(F)C2. The Morgan fingerprint density at radius 1 is 1.32 bits per heavy atom. The zero-order chi connectivity index (χ0) is 26.5. The predicted octanol–water partition coefficient (Wildman–Crippen LogP) is 6.15. The number of aromatic carboxylic acids is 1. The van der Waals surface area contributed by atoms with Crippen LogP contribution in [0, 0.1) is 12.3 Å². The van der Waals surface area contributed by atoms with Crippen molar-refractivity contribution in [1.82, 2.24) is 14.9 Å². The summed E-state index contributed by atoms with van der Waals surface area (Å²) in [5.74, 6) is -2.43. The molecule has 1 aliphatic carbocycles. The molecular weight excluding hydrogens is 478 g/mol. The number of nitrogens with one attached hydrogen (secondary N) is 2. The van der Waals surface area contributed by atoms with Gasteiger partial charge in [-0.2, -0.15) is 0 Å². The molecule has 1 saturated heterocycles. The molecule has 3 heterocycles. The van der Waals surface area contributed by atoms with Gasteiger partial charge in [-0.15, -0.1) is 0 Å². The number of fused-ring (bicyclic) bond motifs is 1. The molecule has 1 atom stereocenters. The van der Waals surface area contributed by atoms with E-state index < -0.39 is 17.3 Å². The number of aromatic nitrogens is 2. The van der Waals surface area contributed by atoms with Gasteiger partial charge in [0.25, 0.3) is 0 Å². The van der Waals surface area contributed by atoms with Crippen molar-refractivity contribution >= 4 is 22.7 Å². The number of piperidine rings is 1. The van der Waals surface area contributed by atoms with Gasteiger partial charge in [-0.3, -0.25) is 4.90 Å². The minimum atomic E-state index is -2.62. The number of halogens is 2. The third kappa shape index (κ3) is 4.77. The minimum absolute atomic E-state index is 0.0194. The lowest BCUT2D eigenvalue weighted by molar-refractivity contribution is -0.186. The van der Waals surface area contributed by atoms with Crippen LogP contribution in [0.15, 0.2) is 30.5 Å². The Labute approximate surface area is 215 Å². The van der Waals surface area contributed by atoms with Crippen LogP contribution in [0.4, 0.5) is 14.6 Å². The van der Waals surface area contributed by atoms with Gasteiger partial charge in [0.2, 0.25) is 5.92 Å². The quantitative estimate of drug-likeness (QED) is 0.352. The summed E-state index contributed by atoms with van der Waals surface area (Å²) in [6, 6.07) is 7.19. The molecule has 37 heavy (non-hydrogen) atoms. The summed E-state index contributed by atoms with van der Waals surface area (Å²) in [6.07, 6.45) is 2.96. The van der Waals surface area contributed by atoms with Gasteiger partial charge in [-0.25, -0.2) is 18.6 Å². The number of ether oxygens (including phenoxy) is 1. The Morgan fingerprint density at radius 2 is 2.08 bits per heavy atom. The average molecular weight is 513 g/mol. The summed E-state index contributed by atoms with van der Waals surface area (Å²) in [6.45, 7) is 7.17. The fraction of sp³-hybridized carbons (Fsp3) is 0.500. The number of methoxy groups -OCH3 is 1. The topological polar surface area (TPSA) is 90.5 Å². The van der Waals surface area contributed by atoms with Crippen molar-refractivity contribution in [2.24, 2.45) is 5.41 Å². The highest BCUT2D eigenvalue weighted by Gasteiger charge is 2.58. The van der Waals surface area contributed by atoms with Gasteiger partial charge in [-0.1, -0.05) is 6.07 Å². The molecule has 1 saturated carbocycles. The van der Waals surface area contributed by atoms with E-state index in [0.29, 0.717) is 31.7 Å². The first kappa shape index (κ1) is 25.4. The third-order valence-corrected chi connectivity index (χ3v) is 7.89. The van der Waals surface area contributed by atoms with Gasteiger partial charge in [0.1, 0.15) is 11.6 Å². The van der Waals surface area contributed by atoms with E-state index in [0.717, 1.165) is 33.3 Å². The number of alkyl halides is 2. The smallest absolute Gasteiger partial charge is 0.354 e. The maximum absolute atomic E-state index is 14.1. The van der Waals surface area contributed by atoms with Crippen molar-refractivity contribution in [2.45, 2.75) is 71.0 Å². The highest BCUT2D eigenvalue weighted by atomic mass is 19.3. The van der Waals surface area contributed by atoms with Crippen molar-refractivity contribution in [3.05, 3.63) is 52.8 Å². The van der Waals surface area contributed by atoms with E-state index in [9.17, 15) is 18.7 Å². The third-order valence-electron chi connectivity index (χ3n) is 7.89. The zero-order valence-electron chi connectivity index (χ0n) is 21.7. The lowest BCUT2D eigenvalue weighted by Gasteiger charge is -2.55. The largest absolute Gasteiger partial charge is 0.496 e. The van der Waals surface area contributed by atoms with Crippen LogP contribution in [0.5, 0.6) is 5.75 Å². The Morgan fingerprint density at radius 3 is 2.73 bits per heavy atom. The van der Waals surface area contributed by atoms with Crippen molar-refractivity contribution in [1.29, 1.82) is 0 Å². The molecule has 7 nitrogen and oxygen atoms in total. The number of hydrogen-bond acceptors (Lipinski definition) is 5. The fourth-order valence-electron chi connectivity index (χ4n) is 6.27. The van der Waals surface area contributed by atoms with Crippen LogP contribution >= 0.6 is 0 Å². The molecule has 2 fully saturated rings. The molecule has 3 aromatic rings. The number of hydrogen-bond donors (Lipinski definition) is 3. The second kappa shape index (κ2) is 9.28. The number of aromatic amines is 1. The molecule has 2 aliphatic rings. The van der Waals surface area contributed by atoms with Gasteiger partial charge < -0.3 is 20.1 Å². The molecule has 0 unspecified atom stereocenters. The van der Waals surface area contributed by atoms with Gasteiger partial charge >= 0.3 is 5.97 Å². The molecule has 1 aliphatic heterocycles. The molecule has 2 aromatic heterocycles. The fourth-order valence-corrected chi connectivity index (χ4v) is 6.27. The van der Waals surface area contributed by atoms with E-state index in [4.69, 9.17) is 4.74 Å². The highest BCUT2D eigenvalue weighted by Crippen LogP contribution is 2.61. The molecule has 9 heteroatoms. The van der Waals surface area contributed by atoms with Crippen LogP contribution in [0.1, 0.15) is 72.8 Å². The molecule has 0 amide bonds. The van der Waals surface area contributed by atoms with Crippen molar-refractivity contribution in [3.63, 3.8) is 0 Å². The average Bonchev–Trinajstić information content (AvgIpc) is 3.31. The summed E-state index contributed by atoms with van der Waals surface area (Å²) in [5.41, 5.74) is 3.54. The number of carbonyl (C=O) groups is 1. The first-order valence-electron chi connectivity index (χ1n) is 12.8. The standard InChI is InChI=1S/C28H34F2N4O3/c1-16(2)32-25-19(5-6-21(33-25)26(35)36)22-12-27(14-28(29,30)15-27)8-10-34(22)13-20-18-7-9-31-24(18)17(3)11-23(20)37-4/h5-7,9,11,16,22,31H,8,10,12-15H2,1-4H3,(H,32,33)(H,35,36)/t22-/m1/s1. The second-order valence-corrected chi connectivity index (χ2v) is 11.0. The number of carboxylic acid groups (broad SMARTS) is 1.